The van der Waals surface area contributed by atoms with E-state index in [1.807, 2.05) is 0 Å². The van der Waals surface area contributed by atoms with E-state index in [2.05, 4.69) is 25.1 Å². The Morgan fingerprint density at radius 1 is 1.53 bits per heavy atom. The van der Waals surface area contributed by atoms with Gasteiger partial charge in [0.25, 0.3) is 0 Å². The summed E-state index contributed by atoms with van der Waals surface area (Å²) in [6, 6.07) is -0.185. The van der Waals surface area contributed by atoms with Crippen molar-refractivity contribution < 1.29 is 4.79 Å². The van der Waals surface area contributed by atoms with E-state index in [1.165, 1.54) is 0 Å². The van der Waals surface area contributed by atoms with Gasteiger partial charge in [0.2, 0.25) is 5.91 Å². The Morgan fingerprint density at radius 2 is 2.13 bits per heavy atom. The molecule has 0 aliphatic rings. The Balaban J connectivity index is 3.86. The third-order valence-electron chi connectivity index (χ3n) is 2.48. The van der Waals surface area contributed by atoms with Gasteiger partial charge in [-0.15, -0.1) is 6.42 Å². The molecule has 15 heavy (non-hydrogen) atoms. The van der Waals surface area contributed by atoms with Crippen LogP contribution in [0, 0.1) is 17.8 Å². The lowest BCUT2D eigenvalue weighted by molar-refractivity contribution is -0.121. The molecule has 86 valence electrons. The van der Waals surface area contributed by atoms with Crippen molar-refractivity contribution in [3.05, 3.63) is 0 Å². The maximum absolute atomic E-state index is 11.4. The van der Waals surface area contributed by atoms with Crippen molar-refractivity contribution in [2.75, 3.05) is 6.54 Å². The number of terminal acetylenes is 1. The second-order valence-corrected chi connectivity index (χ2v) is 4.66. The third-order valence-corrected chi connectivity index (χ3v) is 2.48. The van der Waals surface area contributed by atoms with Gasteiger partial charge in [0.05, 0.1) is 6.04 Å². The van der Waals surface area contributed by atoms with E-state index in [0.717, 1.165) is 12.8 Å². The van der Waals surface area contributed by atoms with Crippen LogP contribution >= 0.6 is 0 Å². The van der Waals surface area contributed by atoms with Gasteiger partial charge in [0.1, 0.15) is 0 Å². The highest BCUT2D eigenvalue weighted by Crippen LogP contribution is 2.25. The number of hydrogen-bond donors (Lipinski definition) is 2. The molecule has 3 heteroatoms. The normalized spacial score (nSPS) is 13.0. The highest BCUT2D eigenvalue weighted by atomic mass is 16.1. The molecule has 0 radical (unpaired) electrons. The Kier molecular flexibility index (Phi) is 6.03. The molecule has 0 aromatic heterocycles. The largest absolute Gasteiger partial charge is 0.343 e. The van der Waals surface area contributed by atoms with Gasteiger partial charge in [-0.3, -0.25) is 4.79 Å². The van der Waals surface area contributed by atoms with Crippen molar-refractivity contribution in [1.29, 1.82) is 0 Å². The van der Waals surface area contributed by atoms with Crippen molar-refractivity contribution in [3.63, 3.8) is 0 Å². The topological polar surface area (TPSA) is 55.1 Å². The van der Waals surface area contributed by atoms with Gasteiger partial charge in [-0.05, 0) is 31.7 Å². The molecule has 1 amide bonds. The van der Waals surface area contributed by atoms with E-state index in [1.54, 1.807) is 6.92 Å². The monoisotopic (exact) mass is 210 g/mol. The second-order valence-electron chi connectivity index (χ2n) is 4.66. The Bertz CT molecular complexity index is 240. The molecular formula is C12H22N2O. The number of nitrogens with two attached hydrogens (primary N) is 1. The Hall–Kier alpha value is -1.01. The van der Waals surface area contributed by atoms with Gasteiger partial charge in [-0.1, -0.05) is 19.8 Å². The van der Waals surface area contributed by atoms with Crippen LogP contribution in [0.4, 0.5) is 0 Å². The maximum atomic E-state index is 11.4. The van der Waals surface area contributed by atoms with Crippen LogP contribution in [-0.2, 0) is 4.79 Å². The SMILES string of the molecule is C#CC(C)NC(=O)CCC(C)(C)CCN. The molecule has 0 aromatic carbocycles. The van der Waals surface area contributed by atoms with Crippen molar-refractivity contribution in [2.45, 2.75) is 46.1 Å². The zero-order valence-corrected chi connectivity index (χ0v) is 9.97. The number of carbonyl (C=O) groups is 1. The summed E-state index contributed by atoms with van der Waals surface area (Å²) in [7, 11) is 0. The second kappa shape index (κ2) is 6.47. The van der Waals surface area contributed by atoms with Crippen LogP contribution in [0.1, 0.15) is 40.0 Å². The summed E-state index contributed by atoms with van der Waals surface area (Å²) in [6.45, 7) is 6.70. The molecule has 0 spiro atoms. The van der Waals surface area contributed by atoms with Crippen LogP contribution in [0.3, 0.4) is 0 Å². The molecule has 0 saturated carbocycles. The molecule has 0 saturated heterocycles. The minimum absolute atomic E-state index is 0.0190. The van der Waals surface area contributed by atoms with E-state index in [9.17, 15) is 4.79 Å². The fourth-order valence-corrected chi connectivity index (χ4v) is 1.32. The molecule has 0 fully saturated rings. The summed E-state index contributed by atoms with van der Waals surface area (Å²) < 4.78 is 0. The number of amides is 1. The van der Waals surface area contributed by atoms with Gasteiger partial charge in [0, 0.05) is 6.42 Å². The first kappa shape index (κ1) is 14.0. The number of nitrogens with one attached hydrogen (secondary N) is 1. The van der Waals surface area contributed by atoms with Crippen LogP contribution in [0.25, 0.3) is 0 Å². The number of carbonyl (C=O) groups excluding carboxylic acids is 1. The predicted octanol–water partition coefficient (Wildman–Crippen LogP) is 1.28. The summed E-state index contributed by atoms with van der Waals surface area (Å²) in [5, 5.41) is 2.74. The summed E-state index contributed by atoms with van der Waals surface area (Å²) in [4.78, 5) is 11.4. The number of hydrogen-bond acceptors (Lipinski definition) is 2. The third kappa shape index (κ3) is 6.98. The first-order valence-corrected chi connectivity index (χ1v) is 5.37. The molecule has 0 rings (SSSR count). The Morgan fingerprint density at radius 3 is 2.60 bits per heavy atom. The lowest BCUT2D eigenvalue weighted by Crippen LogP contribution is -2.32. The van der Waals surface area contributed by atoms with Crippen LogP contribution in [-0.4, -0.2) is 18.5 Å². The van der Waals surface area contributed by atoms with Gasteiger partial charge >= 0.3 is 0 Å². The summed E-state index contributed by atoms with van der Waals surface area (Å²) in [5.74, 6) is 2.49. The highest BCUT2D eigenvalue weighted by Gasteiger charge is 2.18. The quantitative estimate of drug-likeness (QED) is 0.649. The van der Waals surface area contributed by atoms with Gasteiger partial charge in [0.15, 0.2) is 0 Å². The smallest absolute Gasteiger partial charge is 0.220 e. The van der Waals surface area contributed by atoms with E-state index in [-0.39, 0.29) is 17.4 Å². The van der Waals surface area contributed by atoms with Crippen molar-refractivity contribution in [1.82, 2.24) is 5.32 Å². The molecule has 3 nitrogen and oxygen atoms in total. The fraction of sp³-hybridized carbons (Fsp3) is 0.750. The summed E-state index contributed by atoms with van der Waals surface area (Å²) in [6.07, 6.45) is 7.46. The number of rotatable bonds is 6. The average Bonchev–Trinajstić information content (AvgIpc) is 2.15. The van der Waals surface area contributed by atoms with E-state index < -0.39 is 0 Å². The molecule has 0 aliphatic carbocycles. The van der Waals surface area contributed by atoms with Crippen molar-refractivity contribution in [2.24, 2.45) is 11.1 Å². The molecule has 1 unspecified atom stereocenters. The minimum atomic E-state index is -0.185. The predicted molar refractivity (Wildman–Crippen MR) is 63.1 cm³/mol. The van der Waals surface area contributed by atoms with Crippen molar-refractivity contribution in [3.8, 4) is 12.3 Å². The van der Waals surface area contributed by atoms with Gasteiger partial charge in [-0.25, -0.2) is 0 Å². The molecule has 3 N–H and O–H groups in total. The zero-order valence-electron chi connectivity index (χ0n) is 9.97. The molecule has 0 bridgehead atoms. The Labute approximate surface area is 92.8 Å². The van der Waals surface area contributed by atoms with Gasteiger partial charge < -0.3 is 11.1 Å². The van der Waals surface area contributed by atoms with Crippen molar-refractivity contribution >= 4 is 5.91 Å². The van der Waals surface area contributed by atoms with Crippen LogP contribution in [0.2, 0.25) is 0 Å². The van der Waals surface area contributed by atoms with Gasteiger partial charge in [-0.2, -0.15) is 0 Å². The molecular weight excluding hydrogens is 188 g/mol. The lowest BCUT2D eigenvalue weighted by atomic mass is 9.84. The minimum Gasteiger partial charge on any atom is -0.343 e. The van der Waals surface area contributed by atoms with Crippen LogP contribution in [0.5, 0.6) is 0 Å². The zero-order chi connectivity index (χ0) is 11.9. The lowest BCUT2D eigenvalue weighted by Gasteiger charge is -2.23. The van der Waals surface area contributed by atoms with Crippen LogP contribution < -0.4 is 11.1 Å². The van der Waals surface area contributed by atoms with E-state index >= 15 is 0 Å². The molecule has 0 heterocycles. The molecule has 0 aliphatic heterocycles. The maximum Gasteiger partial charge on any atom is 0.220 e. The molecule has 1 atom stereocenters. The average molecular weight is 210 g/mol. The fourth-order valence-electron chi connectivity index (χ4n) is 1.32. The summed E-state index contributed by atoms with van der Waals surface area (Å²) >= 11 is 0. The van der Waals surface area contributed by atoms with E-state index in [4.69, 9.17) is 12.2 Å². The van der Waals surface area contributed by atoms with Crippen LogP contribution in [0.15, 0.2) is 0 Å². The first-order chi connectivity index (χ1) is 6.91. The summed E-state index contributed by atoms with van der Waals surface area (Å²) in [5.41, 5.74) is 5.63. The first-order valence-electron chi connectivity index (χ1n) is 5.37. The van der Waals surface area contributed by atoms with E-state index in [0.29, 0.717) is 13.0 Å². The standard InChI is InChI=1S/C12H22N2O/c1-5-10(2)14-11(15)6-7-12(3,4)8-9-13/h1,10H,6-9,13H2,2-4H3,(H,14,15). The molecule has 0 aromatic rings. The highest BCUT2D eigenvalue weighted by molar-refractivity contribution is 5.76.